The number of hydrogen-bond acceptors (Lipinski definition) is 4. The Kier molecular flexibility index (Phi) is 2.95. The van der Waals surface area contributed by atoms with Gasteiger partial charge in [0.2, 0.25) is 5.75 Å². The van der Waals surface area contributed by atoms with Crippen molar-refractivity contribution in [3.63, 3.8) is 0 Å². The van der Waals surface area contributed by atoms with Gasteiger partial charge in [0.15, 0.2) is 0 Å². The number of nitrogens with zero attached hydrogens (tertiary/aromatic N) is 1. The van der Waals surface area contributed by atoms with Crippen LogP contribution in [0.2, 0.25) is 0 Å². The van der Waals surface area contributed by atoms with Crippen LogP contribution in [-0.4, -0.2) is 22.1 Å². The lowest BCUT2D eigenvalue weighted by molar-refractivity contribution is -0.386. The number of rotatable bonds is 4. The molecule has 0 amide bonds. The van der Waals surface area contributed by atoms with E-state index in [2.05, 4.69) is 0 Å². The highest BCUT2D eigenvalue weighted by Crippen LogP contribution is 2.35. The molecular weight excluding hydrogens is 226 g/mol. The molecular formula is C11H11NO5. The number of carboxylic acids is 1. The third-order valence-electron chi connectivity index (χ3n) is 2.76. The number of aromatic carboxylic acids is 1. The molecule has 0 heterocycles. The summed E-state index contributed by atoms with van der Waals surface area (Å²) in [4.78, 5) is 21.2. The molecule has 1 fully saturated rings. The molecule has 1 aliphatic rings. The van der Waals surface area contributed by atoms with E-state index >= 15 is 0 Å². The number of hydrogen-bond donors (Lipinski definition) is 1. The quantitative estimate of drug-likeness (QED) is 0.640. The summed E-state index contributed by atoms with van der Waals surface area (Å²) in [6.07, 6.45) is 2.53. The Bertz CT molecular complexity index is 435. The number of carboxylic acid groups (broad SMARTS) is 1. The zero-order valence-corrected chi connectivity index (χ0v) is 8.96. The summed E-state index contributed by atoms with van der Waals surface area (Å²) in [5.41, 5.74) is -0.456. The monoisotopic (exact) mass is 237 g/mol. The van der Waals surface area contributed by atoms with E-state index in [9.17, 15) is 14.9 Å². The van der Waals surface area contributed by atoms with Gasteiger partial charge >= 0.3 is 11.7 Å². The van der Waals surface area contributed by atoms with Gasteiger partial charge in [0, 0.05) is 6.07 Å². The van der Waals surface area contributed by atoms with E-state index in [1.807, 2.05) is 0 Å². The Morgan fingerprint density at radius 1 is 1.47 bits per heavy atom. The Labute approximate surface area is 97.0 Å². The lowest BCUT2D eigenvalue weighted by Crippen LogP contribution is -2.25. The van der Waals surface area contributed by atoms with Crippen molar-refractivity contribution in [3.05, 3.63) is 33.9 Å². The average molecular weight is 237 g/mol. The van der Waals surface area contributed by atoms with E-state index in [0.29, 0.717) is 0 Å². The van der Waals surface area contributed by atoms with Crippen LogP contribution in [0.1, 0.15) is 29.6 Å². The van der Waals surface area contributed by atoms with Crippen molar-refractivity contribution in [2.75, 3.05) is 0 Å². The third-order valence-corrected chi connectivity index (χ3v) is 2.76. The van der Waals surface area contributed by atoms with Crippen LogP contribution in [0, 0.1) is 10.1 Å². The molecule has 0 radical (unpaired) electrons. The maximum absolute atomic E-state index is 11.0. The molecule has 0 unspecified atom stereocenters. The summed E-state index contributed by atoms with van der Waals surface area (Å²) >= 11 is 0. The van der Waals surface area contributed by atoms with E-state index in [1.165, 1.54) is 18.2 Å². The molecule has 90 valence electrons. The van der Waals surface area contributed by atoms with Crippen LogP contribution in [0.4, 0.5) is 5.69 Å². The van der Waals surface area contributed by atoms with Crippen molar-refractivity contribution >= 4 is 11.7 Å². The molecule has 6 nitrogen and oxygen atoms in total. The van der Waals surface area contributed by atoms with Gasteiger partial charge in [-0.3, -0.25) is 10.1 Å². The molecule has 1 aliphatic carbocycles. The fraction of sp³-hybridized carbons (Fsp3) is 0.364. The Balaban J connectivity index is 2.41. The molecule has 0 bridgehead atoms. The van der Waals surface area contributed by atoms with Gasteiger partial charge in [0.25, 0.3) is 0 Å². The minimum absolute atomic E-state index is 0.103. The standard InChI is InChI=1S/C11H11NO5/c13-11(14)8-5-2-6-9(12(15)16)10(8)17-7-3-1-4-7/h2,5-7H,1,3-4H2,(H,13,14). The summed E-state index contributed by atoms with van der Waals surface area (Å²) in [5, 5.41) is 19.8. The number of ether oxygens (including phenoxy) is 1. The molecule has 0 aromatic heterocycles. The van der Waals surface area contributed by atoms with Crippen LogP contribution in [0.3, 0.4) is 0 Å². The van der Waals surface area contributed by atoms with Gasteiger partial charge in [-0.15, -0.1) is 0 Å². The van der Waals surface area contributed by atoms with Gasteiger partial charge in [-0.25, -0.2) is 4.79 Å². The normalized spacial score (nSPS) is 15.1. The summed E-state index contributed by atoms with van der Waals surface area (Å²) in [6.45, 7) is 0. The lowest BCUT2D eigenvalue weighted by Gasteiger charge is -2.26. The first-order chi connectivity index (χ1) is 8.09. The number of para-hydroxylation sites is 1. The van der Waals surface area contributed by atoms with Gasteiger partial charge in [0.1, 0.15) is 5.56 Å². The Morgan fingerprint density at radius 3 is 2.65 bits per heavy atom. The molecule has 0 saturated heterocycles. The van der Waals surface area contributed by atoms with Crippen molar-refractivity contribution < 1.29 is 19.6 Å². The lowest BCUT2D eigenvalue weighted by atomic mass is 9.96. The van der Waals surface area contributed by atoms with Crippen molar-refractivity contribution in [2.24, 2.45) is 0 Å². The van der Waals surface area contributed by atoms with Gasteiger partial charge in [-0.05, 0) is 25.3 Å². The average Bonchev–Trinajstić information content (AvgIpc) is 2.22. The van der Waals surface area contributed by atoms with Crippen LogP contribution in [0.25, 0.3) is 0 Å². The maximum Gasteiger partial charge on any atom is 0.339 e. The van der Waals surface area contributed by atoms with Crippen LogP contribution in [0.5, 0.6) is 5.75 Å². The number of carbonyl (C=O) groups is 1. The molecule has 1 N–H and O–H groups in total. The molecule has 1 aromatic rings. The molecule has 1 aromatic carbocycles. The highest BCUT2D eigenvalue weighted by atomic mass is 16.6. The molecule has 17 heavy (non-hydrogen) atoms. The topological polar surface area (TPSA) is 89.7 Å². The zero-order chi connectivity index (χ0) is 12.4. The van der Waals surface area contributed by atoms with Crippen molar-refractivity contribution in [1.29, 1.82) is 0 Å². The van der Waals surface area contributed by atoms with Crippen molar-refractivity contribution in [3.8, 4) is 5.75 Å². The van der Waals surface area contributed by atoms with E-state index in [1.54, 1.807) is 0 Å². The molecule has 2 rings (SSSR count). The highest BCUT2D eigenvalue weighted by Gasteiger charge is 2.28. The van der Waals surface area contributed by atoms with Gasteiger partial charge in [-0.1, -0.05) is 6.07 Å². The predicted molar refractivity (Wildman–Crippen MR) is 58.3 cm³/mol. The minimum Gasteiger partial charge on any atom is -0.483 e. The minimum atomic E-state index is -1.22. The maximum atomic E-state index is 11.0. The smallest absolute Gasteiger partial charge is 0.339 e. The fourth-order valence-electron chi connectivity index (χ4n) is 1.62. The molecule has 1 saturated carbocycles. The van der Waals surface area contributed by atoms with Gasteiger partial charge in [-0.2, -0.15) is 0 Å². The predicted octanol–water partition coefficient (Wildman–Crippen LogP) is 2.22. The van der Waals surface area contributed by atoms with E-state index in [0.717, 1.165) is 19.3 Å². The SMILES string of the molecule is O=C(O)c1cccc([N+](=O)[O-])c1OC1CCC1. The second-order valence-electron chi connectivity index (χ2n) is 3.89. The molecule has 6 heteroatoms. The highest BCUT2D eigenvalue weighted by molar-refractivity contribution is 5.92. The second-order valence-corrected chi connectivity index (χ2v) is 3.89. The van der Waals surface area contributed by atoms with Crippen LogP contribution >= 0.6 is 0 Å². The first kappa shape index (κ1) is 11.4. The van der Waals surface area contributed by atoms with Gasteiger partial charge in [0.05, 0.1) is 11.0 Å². The number of nitro groups is 1. The first-order valence-corrected chi connectivity index (χ1v) is 5.27. The second kappa shape index (κ2) is 4.40. The van der Waals surface area contributed by atoms with E-state index < -0.39 is 10.9 Å². The van der Waals surface area contributed by atoms with Crippen LogP contribution in [0.15, 0.2) is 18.2 Å². The van der Waals surface area contributed by atoms with Crippen LogP contribution in [-0.2, 0) is 0 Å². The zero-order valence-electron chi connectivity index (χ0n) is 8.96. The van der Waals surface area contributed by atoms with Crippen molar-refractivity contribution in [1.82, 2.24) is 0 Å². The Morgan fingerprint density at radius 2 is 2.18 bits per heavy atom. The summed E-state index contributed by atoms with van der Waals surface area (Å²) < 4.78 is 5.41. The van der Waals surface area contributed by atoms with E-state index in [4.69, 9.17) is 9.84 Å². The van der Waals surface area contributed by atoms with Crippen LogP contribution < -0.4 is 4.74 Å². The summed E-state index contributed by atoms with van der Waals surface area (Å²) in [6, 6.07) is 3.90. The first-order valence-electron chi connectivity index (χ1n) is 5.27. The molecule has 0 aliphatic heterocycles. The largest absolute Gasteiger partial charge is 0.483 e. The number of nitro benzene ring substituents is 1. The van der Waals surface area contributed by atoms with Gasteiger partial charge < -0.3 is 9.84 Å². The number of benzene rings is 1. The molecule has 0 atom stereocenters. The van der Waals surface area contributed by atoms with Crippen molar-refractivity contribution in [2.45, 2.75) is 25.4 Å². The fourth-order valence-corrected chi connectivity index (χ4v) is 1.62. The van der Waals surface area contributed by atoms with E-state index in [-0.39, 0.29) is 23.1 Å². The third kappa shape index (κ3) is 2.20. The summed E-state index contributed by atoms with van der Waals surface area (Å²) in [7, 11) is 0. The summed E-state index contributed by atoms with van der Waals surface area (Å²) in [5.74, 6) is -1.35. The Hall–Kier alpha value is -2.11. The molecule has 0 spiro atoms.